The molecule has 5 heteroatoms. The van der Waals surface area contributed by atoms with Crippen molar-refractivity contribution in [2.24, 2.45) is 0 Å². The molecule has 1 aromatic heterocycles. The Hall–Kier alpha value is -1.88. The Morgan fingerprint density at radius 1 is 1.39 bits per heavy atom. The van der Waals surface area contributed by atoms with Crippen LogP contribution < -0.4 is 10.6 Å². The van der Waals surface area contributed by atoms with E-state index in [0.29, 0.717) is 5.13 Å². The molecule has 0 bridgehead atoms. The topological polar surface area (TPSA) is 54.0 Å². The fourth-order valence-corrected chi connectivity index (χ4v) is 2.29. The molecule has 94 valence electrons. The fourth-order valence-electron chi connectivity index (χ4n) is 1.77. The number of hydrogen-bond acceptors (Lipinski definition) is 3. The quantitative estimate of drug-likeness (QED) is 0.890. The number of benzene rings is 1. The van der Waals surface area contributed by atoms with Gasteiger partial charge in [0.2, 0.25) is 0 Å². The van der Waals surface area contributed by atoms with Crippen molar-refractivity contribution in [3.63, 3.8) is 0 Å². The minimum Gasteiger partial charge on any atom is -0.331 e. The van der Waals surface area contributed by atoms with E-state index < -0.39 is 0 Å². The number of carbonyl (C=O) groups is 1. The number of thiazole rings is 1. The van der Waals surface area contributed by atoms with Crippen LogP contribution in [0.5, 0.6) is 0 Å². The van der Waals surface area contributed by atoms with Crippen LogP contribution in [0.2, 0.25) is 0 Å². The number of aryl methyl sites for hydroxylation is 1. The van der Waals surface area contributed by atoms with Gasteiger partial charge in [0.15, 0.2) is 5.13 Å². The monoisotopic (exact) mass is 261 g/mol. The predicted octanol–water partition coefficient (Wildman–Crippen LogP) is 3.33. The number of anilines is 1. The summed E-state index contributed by atoms with van der Waals surface area (Å²) < 4.78 is 0. The summed E-state index contributed by atoms with van der Waals surface area (Å²) in [6.45, 7) is 4.00. The van der Waals surface area contributed by atoms with Crippen molar-refractivity contribution >= 4 is 22.5 Å². The highest BCUT2D eigenvalue weighted by Crippen LogP contribution is 2.17. The zero-order chi connectivity index (χ0) is 13.0. The molecule has 2 amide bonds. The number of aromatic nitrogens is 1. The number of rotatable bonds is 3. The number of nitrogens with zero attached hydrogens (tertiary/aromatic N) is 1. The molecule has 0 aliphatic rings. The van der Waals surface area contributed by atoms with Gasteiger partial charge in [-0.1, -0.05) is 24.3 Å². The van der Waals surface area contributed by atoms with E-state index in [2.05, 4.69) is 15.6 Å². The molecule has 18 heavy (non-hydrogen) atoms. The second kappa shape index (κ2) is 5.64. The lowest BCUT2D eigenvalue weighted by Gasteiger charge is -2.16. The molecule has 1 heterocycles. The van der Waals surface area contributed by atoms with Gasteiger partial charge < -0.3 is 5.32 Å². The van der Waals surface area contributed by atoms with E-state index in [4.69, 9.17) is 0 Å². The molecule has 0 fully saturated rings. The van der Waals surface area contributed by atoms with E-state index in [9.17, 15) is 4.79 Å². The summed E-state index contributed by atoms with van der Waals surface area (Å²) in [5.41, 5.74) is 2.28. The van der Waals surface area contributed by atoms with Crippen LogP contribution in [0.1, 0.15) is 24.1 Å². The highest BCUT2D eigenvalue weighted by Gasteiger charge is 2.11. The molecule has 1 aromatic carbocycles. The molecule has 0 radical (unpaired) electrons. The largest absolute Gasteiger partial charge is 0.331 e. The SMILES string of the molecule is Cc1ccccc1C(C)NC(=O)Nc1nccs1. The molecule has 0 saturated carbocycles. The first-order chi connectivity index (χ1) is 8.66. The Morgan fingerprint density at radius 3 is 2.83 bits per heavy atom. The second-order valence-corrected chi connectivity index (χ2v) is 4.91. The second-order valence-electron chi connectivity index (χ2n) is 4.01. The van der Waals surface area contributed by atoms with E-state index >= 15 is 0 Å². The summed E-state index contributed by atoms with van der Waals surface area (Å²) in [5.74, 6) is 0. The van der Waals surface area contributed by atoms with Gasteiger partial charge >= 0.3 is 6.03 Å². The molecular formula is C13H15N3OS. The van der Waals surface area contributed by atoms with E-state index in [1.165, 1.54) is 16.9 Å². The maximum atomic E-state index is 11.7. The van der Waals surface area contributed by atoms with E-state index in [0.717, 1.165) is 5.56 Å². The van der Waals surface area contributed by atoms with Crippen molar-refractivity contribution < 1.29 is 4.79 Å². The van der Waals surface area contributed by atoms with E-state index in [-0.39, 0.29) is 12.1 Å². The third-order valence-corrected chi connectivity index (χ3v) is 3.34. The first-order valence-corrected chi connectivity index (χ1v) is 6.57. The molecule has 0 aliphatic heterocycles. The van der Waals surface area contributed by atoms with Crippen molar-refractivity contribution in [1.29, 1.82) is 0 Å². The smallest absolute Gasteiger partial charge is 0.321 e. The van der Waals surface area contributed by atoms with Crippen LogP contribution in [0.4, 0.5) is 9.93 Å². The highest BCUT2D eigenvalue weighted by molar-refractivity contribution is 7.13. The number of nitrogens with one attached hydrogen (secondary N) is 2. The van der Waals surface area contributed by atoms with Gasteiger partial charge in [0.05, 0.1) is 6.04 Å². The van der Waals surface area contributed by atoms with Crippen molar-refractivity contribution in [3.8, 4) is 0 Å². The summed E-state index contributed by atoms with van der Waals surface area (Å²) in [6, 6.07) is 7.74. The molecule has 4 nitrogen and oxygen atoms in total. The van der Waals surface area contributed by atoms with Gasteiger partial charge in [0.1, 0.15) is 0 Å². The molecule has 0 spiro atoms. The number of hydrogen-bond donors (Lipinski definition) is 2. The lowest BCUT2D eigenvalue weighted by atomic mass is 10.0. The first kappa shape index (κ1) is 12.6. The van der Waals surface area contributed by atoms with E-state index in [1.807, 2.05) is 43.5 Å². The van der Waals surface area contributed by atoms with Crippen molar-refractivity contribution in [3.05, 3.63) is 47.0 Å². The van der Waals surface area contributed by atoms with Crippen LogP contribution in [0, 0.1) is 6.92 Å². The lowest BCUT2D eigenvalue weighted by Crippen LogP contribution is -2.31. The van der Waals surface area contributed by atoms with Crippen LogP contribution in [0.25, 0.3) is 0 Å². The zero-order valence-corrected chi connectivity index (χ0v) is 11.1. The van der Waals surface area contributed by atoms with Gasteiger partial charge in [0, 0.05) is 11.6 Å². The standard InChI is InChI=1S/C13H15N3OS/c1-9-5-3-4-6-11(9)10(2)15-12(17)16-13-14-7-8-18-13/h3-8,10H,1-2H3,(H2,14,15,16,17). The Morgan fingerprint density at radius 2 is 2.17 bits per heavy atom. The van der Waals surface area contributed by atoms with Gasteiger partial charge in [0.25, 0.3) is 0 Å². The van der Waals surface area contributed by atoms with Crippen LogP contribution >= 0.6 is 11.3 Å². The summed E-state index contributed by atoms with van der Waals surface area (Å²) in [7, 11) is 0. The predicted molar refractivity (Wildman–Crippen MR) is 73.9 cm³/mol. The third-order valence-electron chi connectivity index (χ3n) is 2.66. The van der Waals surface area contributed by atoms with Gasteiger partial charge in [-0.3, -0.25) is 5.32 Å². The Kier molecular flexibility index (Phi) is 3.94. The number of carbonyl (C=O) groups excluding carboxylic acids is 1. The summed E-state index contributed by atoms with van der Waals surface area (Å²) in [5, 5.41) is 8.01. The summed E-state index contributed by atoms with van der Waals surface area (Å²) in [6.07, 6.45) is 1.66. The van der Waals surface area contributed by atoms with E-state index in [1.54, 1.807) is 6.20 Å². The molecule has 2 aromatic rings. The minimum atomic E-state index is -0.235. The maximum absolute atomic E-state index is 11.7. The van der Waals surface area contributed by atoms with Gasteiger partial charge in [-0.25, -0.2) is 9.78 Å². The first-order valence-electron chi connectivity index (χ1n) is 5.69. The van der Waals surface area contributed by atoms with Crippen molar-refractivity contribution in [1.82, 2.24) is 10.3 Å². The van der Waals surface area contributed by atoms with Gasteiger partial charge in [-0.2, -0.15) is 0 Å². The Bertz CT molecular complexity index is 525. The van der Waals surface area contributed by atoms with Crippen LogP contribution in [0.15, 0.2) is 35.8 Å². The minimum absolute atomic E-state index is 0.0360. The molecule has 1 unspecified atom stereocenters. The number of urea groups is 1. The molecule has 0 aliphatic carbocycles. The highest BCUT2D eigenvalue weighted by atomic mass is 32.1. The van der Waals surface area contributed by atoms with Crippen molar-refractivity contribution in [2.45, 2.75) is 19.9 Å². The normalized spacial score (nSPS) is 11.9. The summed E-state index contributed by atoms with van der Waals surface area (Å²) >= 11 is 1.39. The Labute approximate surface area is 110 Å². The average molecular weight is 261 g/mol. The van der Waals surface area contributed by atoms with Crippen molar-refractivity contribution in [2.75, 3.05) is 5.32 Å². The van der Waals surface area contributed by atoms with Crippen LogP contribution in [-0.2, 0) is 0 Å². The average Bonchev–Trinajstić information content (AvgIpc) is 2.82. The zero-order valence-electron chi connectivity index (χ0n) is 10.3. The fraction of sp³-hybridized carbons (Fsp3) is 0.231. The molecule has 1 atom stereocenters. The summed E-state index contributed by atoms with van der Waals surface area (Å²) in [4.78, 5) is 15.8. The van der Waals surface area contributed by atoms with Gasteiger partial charge in [-0.15, -0.1) is 11.3 Å². The lowest BCUT2D eigenvalue weighted by molar-refractivity contribution is 0.249. The number of amides is 2. The molecule has 2 N–H and O–H groups in total. The third kappa shape index (κ3) is 3.07. The maximum Gasteiger partial charge on any atom is 0.321 e. The molecule has 2 rings (SSSR count). The van der Waals surface area contributed by atoms with Gasteiger partial charge in [-0.05, 0) is 25.0 Å². The Balaban J connectivity index is 1.97. The van der Waals surface area contributed by atoms with Crippen LogP contribution in [0.3, 0.4) is 0 Å². The molecular weight excluding hydrogens is 246 g/mol. The van der Waals surface area contributed by atoms with Crippen LogP contribution in [-0.4, -0.2) is 11.0 Å². The molecule has 0 saturated heterocycles.